The molecule has 0 bridgehead atoms. The average molecular weight is 449 g/mol. The van der Waals surface area contributed by atoms with Gasteiger partial charge in [-0.3, -0.25) is 0 Å². The van der Waals surface area contributed by atoms with E-state index in [2.05, 4.69) is 159 Å². The molecule has 0 atom stereocenters. The van der Waals surface area contributed by atoms with Crippen molar-refractivity contribution in [3.8, 4) is 0 Å². The zero-order valence-electron chi connectivity index (χ0n) is 19.9. The summed E-state index contributed by atoms with van der Waals surface area (Å²) in [6.07, 6.45) is 4.63. The zero-order valence-corrected chi connectivity index (χ0v) is 19.9. The Morgan fingerprint density at radius 2 is 0.686 bits per heavy atom. The first-order valence-corrected chi connectivity index (χ1v) is 12.0. The molecule has 5 aromatic carbocycles. The summed E-state index contributed by atoms with van der Waals surface area (Å²) in [6.45, 7) is 2.13. The molecule has 0 aliphatic carbocycles. The van der Waals surface area contributed by atoms with E-state index < -0.39 is 0 Å². The minimum atomic E-state index is 1.19. The molecule has 0 saturated carbocycles. The molecule has 0 nitrogen and oxygen atoms in total. The van der Waals surface area contributed by atoms with E-state index in [9.17, 15) is 0 Å². The fraction of sp³-hybridized carbons (Fsp3) is 0.0286. The summed E-state index contributed by atoms with van der Waals surface area (Å²) in [5, 5.41) is 0. The summed E-state index contributed by atoms with van der Waals surface area (Å²) in [6, 6.07) is 49.3. The van der Waals surface area contributed by atoms with Crippen molar-refractivity contribution in [3.05, 3.63) is 178 Å². The van der Waals surface area contributed by atoms with Crippen molar-refractivity contribution >= 4 is 23.3 Å². The lowest BCUT2D eigenvalue weighted by atomic mass is 9.91. The Labute approximate surface area is 208 Å². The molecule has 0 aliphatic rings. The summed E-state index contributed by atoms with van der Waals surface area (Å²) < 4.78 is 0. The number of aryl methyl sites for hydroxylation is 1. The fourth-order valence-corrected chi connectivity index (χ4v) is 4.34. The van der Waals surface area contributed by atoms with Crippen molar-refractivity contribution in [2.75, 3.05) is 0 Å². The number of rotatable bonds is 6. The Hall–Kier alpha value is -4.42. The quantitative estimate of drug-likeness (QED) is 0.227. The first-order chi connectivity index (χ1) is 17.3. The van der Waals surface area contributed by atoms with Gasteiger partial charge in [0.1, 0.15) is 0 Å². The summed E-state index contributed by atoms with van der Waals surface area (Å²) in [4.78, 5) is 0. The van der Waals surface area contributed by atoms with Crippen LogP contribution in [0.4, 0.5) is 0 Å². The molecule has 0 saturated heterocycles. The normalized spacial score (nSPS) is 11.2. The smallest absolute Gasteiger partial charge is 0.0105 e. The Balaban J connectivity index is 1.68. The van der Waals surface area contributed by atoms with Crippen LogP contribution in [0.15, 0.2) is 140 Å². The van der Waals surface area contributed by atoms with Gasteiger partial charge >= 0.3 is 0 Å². The van der Waals surface area contributed by atoms with E-state index in [1.807, 2.05) is 0 Å². The molecule has 5 aromatic rings. The lowest BCUT2D eigenvalue weighted by molar-refractivity contribution is 1.45. The van der Waals surface area contributed by atoms with Gasteiger partial charge in [-0.25, -0.2) is 0 Å². The van der Waals surface area contributed by atoms with E-state index in [1.165, 1.54) is 50.1 Å². The van der Waals surface area contributed by atoms with E-state index in [1.54, 1.807) is 0 Å². The second kappa shape index (κ2) is 10.7. The molecule has 0 fully saturated rings. The molecule has 0 radical (unpaired) electrons. The molecule has 168 valence electrons. The third kappa shape index (κ3) is 5.39. The summed E-state index contributed by atoms with van der Waals surface area (Å²) in [7, 11) is 0. The zero-order chi connectivity index (χ0) is 23.9. The van der Waals surface area contributed by atoms with Gasteiger partial charge in [0, 0.05) is 0 Å². The summed E-state index contributed by atoms with van der Waals surface area (Å²) in [5.74, 6) is 0. The van der Waals surface area contributed by atoms with E-state index in [0.717, 1.165) is 0 Å². The molecule has 0 N–H and O–H groups in total. The Morgan fingerprint density at radius 3 is 1.06 bits per heavy atom. The van der Waals surface area contributed by atoms with Crippen LogP contribution in [0.3, 0.4) is 0 Å². The fourth-order valence-electron chi connectivity index (χ4n) is 4.34. The molecule has 0 spiro atoms. The van der Waals surface area contributed by atoms with Crippen LogP contribution in [-0.4, -0.2) is 0 Å². The molecule has 5 rings (SSSR count). The maximum Gasteiger partial charge on any atom is -0.0105 e. The second-order valence-corrected chi connectivity index (χ2v) is 8.71. The minimum absolute atomic E-state index is 1.19. The van der Waals surface area contributed by atoms with Crippen molar-refractivity contribution < 1.29 is 0 Å². The van der Waals surface area contributed by atoms with Crippen LogP contribution in [0.1, 0.15) is 38.9 Å². The second-order valence-electron chi connectivity index (χ2n) is 8.71. The first kappa shape index (κ1) is 22.4. The topological polar surface area (TPSA) is 0 Å². The van der Waals surface area contributed by atoms with Crippen LogP contribution in [-0.2, 0) is 0 Å². The van der Waals surface area contributed by atoms with Crippen LogP contribution in [0.2, 0.25) is 0 Å². The summed E-state index contributed by atoms with van der Waals surface area (Å²) in [5.41, 5.74) is 10.9. The van der Waals surface area contributed by atoms with E-state index >= 15 is 0 Å². The third-order valence-electron chi connectivity index (χ3n) is 6.21. The van der Waals surface area contributed by atoms with Gasteiger partial charge in [0.05, 0.1) is 0 Å². The van der Waals surface area contributed by atoms with Crippen molar-refractivity contribution in [2.45, 2.75) is 6.92 Å². The van der Waals surface area contributed by atoms with Gasteiger partial charge in [-0.15, -0.1) is 0 Å². The molecule has 0 unspecified atom stereocenters. The molecule has 35 heavy (non-hydrogen) atoms. The van der Waals surface area contributed by atoms with Gasteiger partial charge < -0.3 is 0 Å². The maximum atomic E-state index is 2.32. The Morgan fingerprint density at radius 1 is 0.371 bits per heavy atom. The first-order valence-electron chi connectivity index (χ1n) is 12.0. The highest BCUT2D eigenvalue weighted by Crippen LogP contribution is 2.31. The number of benzene rings is 5. The molecule has 0 heteroatoms. The van der Waals surface area contributed by atoms with E-state index in [-0.39, 0.29) is 0 Å². The summed E-state index contributed by atoms with van der Waals surface area (Å²) >= 11 is 0. The lowest BCUT2D eigenvalue weighted by Gasteiger charge is -2.13. The van der Waals surface area contributed by atoms with Crippen molar-refractivity contribution in [2.24, 2.45) is 0 Å². The Bertz CT molecular complexity index is 1400. The molecular weight excluding hydrogens is 420 g/mol. The lowest BCUT2D eigenvalue weighted by Crippen LogP contribution is -1.92. The number of hydrogen-bond donors (Lipinski definition) is 0. The maximum absolute atomic E-state index is 2.32. The van der Waals surface area contributed by atoms with Gasteiger partial charge in [0.25, 0.3) is 0 Å². The highest BCUT2D eigenvalue weighted by molar-refractivity contribution is 5.96. The van der Waals surface area contributed by atoms with Crippen LogP contribution in [0, 0.1) is 6.92 Å². The van der Waals surface area contributed by atoms with E-state index in [0.29, 0.717) is 0 Å². The van der Waals surface area contributed by atoms with Crippen LogP contribution in [0.5, 0.6) is 0 Å². The SMILES string of the molecule is Cc1ccc(/C(=C\c2ccccc2C=C(c2ccccc2)c2ccccc2)c2ccccc2)cc1. The average Bonchev–Trinajstić information content (AvgIpc) is 2.93. The highest BCUT2D eigenvalue weighted by Gasteiger charge is 2.09. The van der Waals surface area contributed by atoms with Crippen LogP contribution in [0.25, 0.3) is 23.3 Å². The van der Waals surface area contributed by atoms with Crippen LogP contribution >= 0.6 is 0 Å². The predicted octanol–water partition coefficient (Wildman–Crippen LogP) is 9.17. The van der Waals surface area contributed by atoms with Gasteiger partial charge in [0.2, 0.25) is 0 Å². The highest BCUT2D eigenvalue weighted by atomic mass is 14.1. The standard InChI is InChI=1S/C35H28/c1-27-21-23-31(24-22-27)35(30-17-9-4-10-18-30)26-33-20-12-11-19-32(33)25-34(28-13-5-2-6-14-28)29-15-7-3-8-16-29/h2-26H,1H3/b35-26-. The molecular formula is C35H28. The van der Waals surface area contributed by atoms with E-state index in [4.69, 9.17) is 0 Å². The molecule has 0 aromatic heterocycles. The van der Waals surface area contributed by atoms with Gasteiger partial charge in [-0.05, 0) is 63.6 Å². The third-order valence-corrected chi connectivity index (χ3v) is 6.21. The van der Waals surface area contributed by atoms with Crippen molar-refractivity contribution in [1.82, 2.24) is 0 Å². The minimum Gasteiger partial charge on any atom is -0.0622 e. The molecule has 0 amide bonds. The molecule has 0 heterocycles. The van der Waals surface area contributed by atoms with Crippen molar-refractivity contribution in [3.63, 3.8) is 0 Å². The largest absolute Gasteiger partial charge is 0.0622 e. The molecule has 0 aliphatic heterocycles. The number of hydrogen-bond acceptors (Lipinski definition) is 0. The van der Waals surface area contributed by atoms with Crippen LogP contribution < -0.4 is 0 Å². The van der Waals surface area contributed by atoms with Gasteiger partial charge in [-0.2, -0.15) is 0 Å². The van der Waals surface area contributed by atoms with Gasteiger partial charge in [0.15, 0.2) is 0 Å². The van der Waals surface area contributed by atoms with Gasteiger partial charge in [-0.1, -0.05) is 145 Å². The monoisotopic (exact) mass is 448 g/mol. The van der Waals surface area contributed by atoms with Crippen molar-refractivity contribution in [1.29, 1.82) is 0 Å². The predicted molar refractivity (Wildman–Crippen MR) is 151 cm³/mol. The Kier molecular flexibility index (Phi) is 6.82.